The Bertz CT molecular complexity index is 1530. The van der Waals surface area contributed by atoms with Crippen molar-refractivity contribution in [2.75, 3.05) is 34.4 Å². The Morgan fingerprint density at radius 1 is 1.05 bits per heavy atom. The first kappa shape index (κ1) is 26.2. The summed E-state index contributed by atoms with van der Waals surface area (Å²) in [6, 6.07) is 12.2. The molecule has 3 aromatic rings. The van der Waals surface area contributed by atoms with Crippen LogP contribution < -0.4 is 29.1 Å². The summed E-state index contributed by atoms with van der Waals surface area (Å²) >= 11 is 1.28. The van der Waals surface area contributed by atoms with Gasteiger partial charge in [0.15, 0.2) is 4.80 Å². The van der Waals surface area contributed by atoms with Crippen LogP contribution in [0.4, 0.5) is 0 Å². The molecule has 0 spiro atoms. The van der Waals surface area contributed by atoms with Crippen molar-refractivity contribution >= 4 is 23.3 Å². The van der Waals surface area contributed by atoms with Crippen LogP contribution in [0.5, 0.6) is 17.2 Å². The molecule has 0 radical (unpaired) electrons. The molecule has 37 heavy (non-hydrogen) atoms. The van der Waals surface area contributed by atoms with E-state index in [9.17, 15) is 9.59 Å². The monoisotopic (exact) mass is 521 g/mol. The molecule has 0 N–H and O–H groups in total. The molecule has 0 saturated carbocycles. The maximum atomic E-state index is 13.9. The van der Waals surface area contributed by atoms with E-state index in [0.717, 1.165) is 11.1 Å². The minimum Gasteiger partial charge on any atom is -0.497 e. The van der Waals surface area contributed by atoms with Crippen molar-refractivity contribution in [1.82, 2.24) is 9.47 Å². The van der Waals surface area contributed by atoms with Crippen molar-refractivity contribution in [2.24, 2.45) is 4.99 Å². The number of hydrogen-bond donors (Lipinski definition) is 0. The number of benzene rings is 2. The lowest BCUT2D eigenvalue weighted by Gasteiger charge is -2.29. The summed E-state index contributed by atoms with van der Waals surface area (Å²) in [5, 5.41) is 0. The molecule has 1 amide bonds. The third-order valence-electron chi connectivity index (χ3n) is 6.46. The van der Waals surface area contributed by atoms with E-state index in [4.69, 9.17) is 19.2 Å². The van der Waals surface area contributed by atoms with E-state index in [1.807, 2.05) is 57.2 Å². The van der Waals surface area contributed by atoms with Crippen LogP contribution in [0.1, 0.15) is 37.9 Å². The number of rotatable bonds is 8. The molecule has 9 heteroatoms. The minimum atomic E-state index is -0.680. The Hall–Kier alpha value is -3.85. The van der Waals surface area contributed by atoms with E-state index in [0.29, 0.717) is 50.9 Å². The van der Waals surface area contributed by atoms with Crippen molar-refractivity contribution in [3.8, 4) is 17.2 Å². The number of nitrogens with zero attached hydrogens (tertiary/aromatic N) is 3. The normalized spacial score (nSPS) is 15.2. The highest BCUT2D eigenvalue weighted by molar-refractivity contribution is 7.07. The fraction of sp³-hybridized carbons (Fsp3) is 0.321. The largest absolute Gasteiger partial charge is 0.497 e. The highest BCUT2D eigenvalue weighted by Crippen LogP contribution is 2.36. The molecule has 194 valence electrons. The molecule has 1 aromatic heterocycles. The summed E-state index contributed by atoms with van der Waals surface area (Å²) in [7, 11) is 4.74. The van der Waals surface area contributed by atoms with E-state index >= 15 is 0 Å². The highest BCUT2D eigenvalue weighted by Gasteiger charge is 2.35. The zero-order valence-corrected chi connectivity index (χ0v) is 22.7. The predicted octanol–water partition coefficient (Wildman–Crippen LogP) is 3.13. The van der Waals surface area contributed by atoms with Gasteiger partial charge in [0.1, 0.15) is 23.3 Å². The number of fused-ring (bicyclic) bond motifs is 1. The molecule has 2 heterocycles. The van der Waals surface area contributed by atoms with Gasteiger partial charge in [-0.2, -0.15) is 0 Å². The fourth-order valence-electron chi connectivity index (χ4n) is 4.54. The van der Waals surface area contributed by atoms with Crippen molar-refractivity contribution in [2.45, 2.75) is 26.8 Å². The van der Waals surface area contributed by atoms with E-state index in [-0.39, 0.29) is 11.5 Å². The molecule has 2 aromatic carbocycles. The topological polar surface area (TPSA) is 82.4 Å². The molecule has 0 unspecified atom stereocenters. The molecule has 1 atom stereocenters. The van der Waals surface area contributed by atoms with Gasteiger partial charge in [0.2, 0.25) is 0 Å². The number of ether oxygens (including phenoxy) is 3. The Morgan fingerprint density at radius 3 is 2.41 bits per heavy atom. The van der Waals surface area contributed by atoms with Gasteiger partial charge in [-0.1, -0.05) is 29.5 Å². The number of amides is 1. The maximum Gasteiger partial charge on any atom is 0.271 e. The summed E-state index contributed by atoms with van der Waals surface area (Å²) in [5.41, 5.74) is 2.27. The molecule has 0 fully saturated rings. The van der Waals surface area contributed by atoms with Crippen LogP contribution in [0.15, 0.2) is 63.5 Å². The number of aromatic nitrogens is 1. The fourth-order valence-corrected chi connectivity index (χ4v) is 5.58. The number of hydrogen-bond acceptors (Lipinski definition) is 7. The first-order valence-electron chi connectivity index (χ1n) is 12.0. The maximum absolute atomic E-state index is 13.9. The summed E-state index contributed by atoms with van der Waals surface area (Å²) in [5.74, 6) is 1.69. The predicted molar refractivity (Wildman–Crippen MR) is 144 cm³/mol. The first-order chi connectivity index (χ1) is 17.9. The number of carbonyl (C=O) groups is 1. The van der Waals surface area contributed by atoms with Crippen molar-refractivity contribution in [3.63, 3.8) is 0 Å². The van der Waals surface area contributed by atoms with E-state index in [1.54, 1.807) is 42.9 Å². The molecule has 4 rings (SSSR count). The van der Waals surface area contributed by atoms with Gasteiger partial charge in [0.25, 0.3) is 11.5 Å². The Morgan fingerprint density at radius 2 is 1.76 bits per heavy atom. The molecule has 0 bridgehead atoms. The van der Waals surface area contributed by atoms with Crippen molar-refractivity contribution < 1.29 is 19.0 Å². The van der Waals surface area contributed by atoms with Gasteiger partial charge in [-0.15, -0.1) is 0 Å². The number of likely N-dealkylation sites (N-methyl/N-ethyl adjacent to an activating group) is 1. The standard InChI is InChI=1S/C28H31N3O5S/c1-7-30(8-2)27(33)24-17(3)29-28-31(25(24)20-11-9-10-12-21(20)35-5)26(32)23(37-28)15-18-13-14-19(34-4)16-22(18)36-6/h9-16,25H,7-8H2,1-6H3/b23-15+/t25-/m0/s1. The van der Waals surface area contributed by atoms with Gasteiger partial charge >= 0.3 is 0 Å². The van der Waals surface area contributed by atoms with Gasteiger partial charge in [-0.05, 0) is 45.0 Å². The first-order valence-corrected chi connectivity index (χ1v) is 12.9. The second-order valence-electron chi connectivity index (χ2n) is 8.41. The van der Waals surface area contributed by atoms with Gasteiger partial charge < -0.3 is 19.1 Å². The summed E-state index contributed by atoms with van der Waals surface area (Å²) in [4.78, 5) is 34.7. The Labute approximate surface area is 219 Å². The van der Waals surface area contributed by atoms with Gasteiger partial charge in [-0.25, -0.2) is 4.99 Å². The lowest BCUT2D eigenvalue weighted by atomic mass is 9.94. The third-order valence-corrected chi connectivity index (χ3v) is 7.45. The summed E-state index contributed by atoms with van der Waals surface area (Å²) < 4.78 is 18.6. The van der Waals surface area contributed by atoms with Crippen LogP contribution >= 0.6 is 11.3 Å². The number of para-hydroxylation sites is 1. The smallest absolute Gasteiger partial charge is 0.271 e. The number of carbonyl (C=O) groups excluding carboxylic acids is 1. The van der Waals surface area contributed by atoms with Crippen molar-refractivity contribution in [3.05, 3.63) is 84.5 Å². The lowest BCUT2D eigenvalue weighted by molar-refractivity contribution is -0.127. The van der Waals surface area contributed by atoms with Gasteiger partial charge in [0.05, 0.1) is 37.1 Å². The van der Waals surface area contributed by atoms with E-state index in [2.05, 4.69) is 0 Å². The quantitative estimate of drug-likeness (QED) is 0.455. The molecular formula is C28H31N3O5S. The molecule has 0 aliphatic carbocycles. The van der Waals surface area contributed by atoms with Crippen LogP contribution in [0.25, 0.3) is 6.08 Å². The van der Waals surface area contributed by atoms with Gasteiger partial charge in [0, 0.05) is 30.3 Å². The van der Waals surface area contributed by atoms with E-state index < -0.39 is 6.04 Å². The molecule has 8 nitrogen and oxygen atoms in total. The van der Waals surface area contributed by atoms with Crippen LogP contribution in [0.2, 0.25) is 0 Å². The summed E-state index contributed by atoms with van der Waals surface area (Å²) in [6.07, 6.45) is 1.78. The zero-order chi connectivity index (χ0) is 26.7. The van der Waals surface area contributed by atoms with Crippen LogP contribution in [0.3, 0.4) is 0 Å². The van der Waals surface area contributed by atoms with Gasteiger partial charge in [-0.3, -0.25) is 14.2 Å². The second kappa shape index (κ2) is 11.0. The van der Waals surface area contributed by atoms with Crippen LogP contribution in [0, 0.1) is 0 Å². The summed E-state index contributed by atoms with van der Waals surface area (Å²) in [6.45, 7) is 6.79. The third kappa shape index (κ3) is 4.79. The Balaban J connectivity index is 1.99. The van der Waals surface area contributed by atoms with E-state index in [1.165, 1.54) is 11.3 Å². The number of methoxy groups -OCH3 is 3. The lowest BCUT2D eigenvalue weighted by Crippen LogP contribution is -2.43. The zero-order valence-electron chi connectivity index (χ0n) is 21.9. The molecular weight excluding hydrogens is 490 g/mol. The molecule has 1 aliphatic rings. The molecule has 1 aliphatic heterocycles. The highest BCUT2D eigenvalue weighted by atomic mass is 32.1. The Kier molecular flexibility index (Phi) is 7.83. The average Bonchev–Trinajstić information content (AvgIpc) is 3.22. The van der Waals surface area contributed by atoms with Crippen molar-refractivity contribution in [1.29, 1.82) is 0 Å². The number of thiazole rings is 1. The average molecular weight is 522 g/mol. The SMILES string of the molecule is CCN(CC)C(=O)C1=C(C)N=c2s/c(=C/c3ccc(OC)cc3OC)c(=O)n2[C@H]1c1ccccc1OC. The minimum absolute atomic E-state index is 0.145. The number of allylic oxidation sites excluding steroid dienone is 1. The van der Waals surface area contributed by atoms with Crippen LogP contribution in [-0.4, -0.2) is 49.8 Å². The molecule has 0 saturated heterocycles. The van der Waals surface area contributed by atoms with Crippen LogP contribution in [-0.2, 0) is 4.79 Å². The second-order valence-corrected chi connectivity index (χ2v) is 9.42.